The molecule has 4 heteroatoms. The maximum atomic E-state index is 6.52. The minimum atomic E-state index is 0.618. The molecule has 8 aromatic carbocycles. The van der Waals surface area contributed by atoms with Gasteiger partial charge < -0.3 is 9.32 Å². The predicted octanol–water partition coefficient (Wildman–Crippen LogP) is 13.3. The van der Waals surface area contributed by atoms with E-state index in [2.05, 4.69) is 175 Å². The van der Waals surface area contributed by atoms with Gasteiger partial charge >= 0.3 is 0 Å². The van der Waals surface area contributed by atoms with Crippen molar-refractivity contribution in [3.05, 3.63) is 170 Å². The summed E-state index contributed by atoms with van der Waals surface area (Å²) in [7, 11) is 0. The first-order valence-electron chi connectivity index (χ1n) is 16.5. The average Bonchev–Trinajstić information content (AvgIpc) is 3.78. The first kappa shape index (κ1) is 27.8. The van der Waals surface area contributed by atoms with Crippen LogP contribution in [0.1, 0.15) is 0 Å². The van der Waals surface area contributed by atoms with Gasteiger partial charge in [-0.25, -0.2) is 4.98 Å². The van der Waals surface area contributed by atoms with Gasteiger partial charge in [-0.1, -0.05) is 97.1 Å². The van der Waals surface area contributed by atoms with Crippen LogP contribution < -0.4 is 4.90 Å². The van der Waals surface area contributed by atoms with Crippen LogP contribution in [0.5, 0.6) is 0 Å². The minimum absolute atomic E-state index is 0.618. The smallest absolute Gasteiger partial charge is 0.227 e. The van der Waals surface area contributed by atoms with E-state index in [1.54, 1.807) is 0 Å². The molecular weight excluding hydrogens is 617 g/mol. The van der Waals surface area contributed by atoms with Crippen LogP contribution in [0.15, 0.2) is 174 Å². The Balaban J connectivity index is 1.01. The van der Waals surface area contributed by atoms with Crippen LogP contribution in [0.2, 0.25) is 0 Å². The molecule has 0 bridgehead atoms. The number of aromatic nitrogens is 1. The zero-order valence-electron chi connectivity index (χ0n) is 26.4. The summed E-state index contributed by atoms with van der Waals surface area (Å²) in [5.41, 5.74) is 8.28. The minimum Gasteiger partial charge on any atom is -0.435 e. The van der Waals surface area contributed by atoms with Crippen LogP contribution in [-0.4, -0.2) is 4.98 Å². The van der Waals surface area contributed by atoms with Gasteiger partial charge in [0.05, 0.1) is 0 Å². The van der Waals surface area contributed by atoms with E-state index in [1.807, 2.05) is 11.3 Å². The highest BCUT2D eigenvalue weighted by molar-refractivity contribution is 7.25. The Kier molecular flexibility index (Phi) is 6.36. The molecule has 49 heavy (non-hydrogen) atoms. The number of para-hydroxylation sites is 1. The number of fused-ring (bicyclic) bond motifs is 8. The van der Waals surface area contributed by atoms with Crippen LogP contribution in [-0.2, 0) is 0 Å². The molecule has 0 atom stereocenters. The monoisotopic (exact) mass is 644 g/mol. The molecule has 0 aliphatic heterocycles. The first-order valence-corrected chi connectivity index (χ1v) is 17.3. The normalized spacial score (nSPS) is 11.7. The van der Waals surface area contributed by atoms with Crippen molar-refractivity contribution in [1.29, 1.82) is 0 Å². The van der Waals surface area contributed by atoms with Gasteiger partial charge in [0.1, 0.15) is 5.52 Å². The molecule has 0 aliphatic rings. The van der Waals surface area contributed by atoms with E-state index in [4.69, 9.17) is 9.40 Å². The summed E-state index contributed by atoms with van der Waals surface area (Å²) in [5.74, 6) is 0.618. The molecule has 0 fully saturated rings. The number of hydrogen-bond donors (Lipinski definition) is 0. The number of benzene rings is 8. The number of hydrogen-bond acceptors (Lipinski definition) is 4. The number of oxazole rings is 1. The fraction of sp³-hybridized carbons (Fsp3) is 0. The Hall–Kier alpha value is -6.23. The molecule has 2 heterocycles. The van der Waals surface area contributed by atoms with Gasteiger partial charge in [0.25, 0.3) is 0 Å². The quantitative estimate of drug-likeness (QED) is 0.175. The summed E-state index contributed by atoms with van der Waals surface area (Å²) in [6.45, 7) is 0. The average molecular weight is 645 g/mol. The number of nitrogens with zero attached hydrogens (tertiary/aromatic N) is 2. The number of thiophene rings is 1. The molecule has 0 amide bonds. The fourth-order valence-corrected chi connectivity index (χ4v) is 8.17. The Morgan fingerprint density at radius 1 is 0.449 bits per heavy atom. The van der Waals surface area contributed by atoms with Crippen molar-refractivity contribution < 1.29 is 4.42 Å². The van der Waals surface area contributed by atoms with Crippen molar-refractivity contribution in [2.24, 2.45) is 0 Å². The van der Waals surface area contributed by atoms with Crippen LogP contribution in [0, 0.1) is 0 Å². The van der Waals surface area contributed by atoms with Crippen LogP contribution >= 0.6 is 11.3 Å². The SMILES string of the molecule is c1ccc(N(c2ccc(-c3ccc4sc5ccccc5c4c3)cc2)c2ccc(-c3nc4ccc5ccc6ccccc6c5c4o3)cc2)cc1. The third-order valence-corrected chi connectivity index (χ3v) is 10.6. The van der Waals surface area contributed by atoms with Crippen molar-refractivity contribution in [2.45, 2.75) is 0 Å². The molecule has 0 aliphatic carbocycles. The largest absolute Gasteiger partial charge is 0.435 e. The van der Waals surface area contributed by atoms with Gasteiger partial charge in [-0.3, -0.25) is 0 Å². The van der Waals surface area contributed by atoms with Crippen LogP contribution in [0.4, 0.5) is 17.1 Å². The topological polar surface area (TPSA) is 29.3 Å². The van der Waals surface area contributed by atoms with E-state index in [0.717, 1.165) is 44.5 Å². The summed E-state index contributed by atoms with van der Waals surface area (Å²) in [6.07, 6.45) is 0. The van der Waals surface area contributed by atoms with Crippen molar-refractivity contribution in [3.63, 3.8) is 0 Å². The molecule has 2 aromatic heterocycles. The second-order valence-corrected chi connectivity index (χ2v) is 13.5. The van der Waals surface area contributed by atoms with E-state index in [-0.39, 0.29) is 0 Å². The van der Waals surface area contributed by atoms with Gasteiger partial charge in [-0.05, 0) is 100 Å². The molecule has 0 N–H and O–H groups in total. The van der Waals surface area contributed by atoms with Crippen molar-refractivity contribution >= 4 is 81.2 Å². The van der Waals surface area contributed by atoms with Crippen molar-refractivity contribution in [2.75, 3.05) is 4.90 Å². The van der Waals surface area contributed by atoms with Gasteiger partial charge in [0, 0.05) is 48.2 Å². The van der Waals surface area contributed by atoms with E-state index >= 15 is 0 Å². The molecule has 0 unspecified atom stereocenters. The zero-order chi connectivity index (χ0) is 32.3. The molecule has 10 aromatic rings. The van der Waals surface area contributed by atoms with Crippen molar-refractivity contribution in [1.82, 2.24) is 4.98 Å². The Morgan fingerprint density at radius 3 is 1.88 bits per heavy atom. The number of anilines is 3. The first-order chi connectivity index (χ1) is 24.3. The van der Waals surface area contributed by atoms with Crippen LogP contribution in [0.3, 0.4) is 0 Å². The molecule has 3 nitrogen and oxygen atoms in total. The lowest BCUT2D eigenvalue weighted by molar-refractivity contribution is 0.623. The number of rotatable bonds is 5. The van der Waals surface area contributed by atoms with E-state index in [9.17, 15) is 0 Å². The third kappa shape index (κ3) is 4.68. The maximum Gasteiger partial charge on any atom is 0.227 e. The Labute approximate surface area is 286 Å². The molecule has 0 saturated heterocycles. The van der Waals surface area contributed by atoms with E-state index in [1.165, 1.54) is 42.1 Å². The lowest BCUT2D eigenvalue weighted by Crippen LogP contribution is -2.09. The van der Waals surface area contributed by atoms with Gasteiger partial charge in [-0.2, -0.15) is 0 Å². The highest BCUT2D eigenvalue weighted by Crippen LogP contribution is 2.40. The third-order valence-electron chi connectivity index (χ3n) is 9.48. The van der Waals surface area contributed by atoms with E-state index < -0.39 is 0 Å². The molecule has 0 radical (unpaired) electrons. The lowest BCUT2D eigenvalue weighted by Gasteiger charge is -2.25. The van der Waals surface area contributed by atoms with Crippen LogP contribution in [0.25, 0.3) is 75.4 Å². The molecular formula is C45H28N2OS. The summed E-state index contributed by atoms with van der Waals surface area (Å²) in [6, 6.07) is 60.3. The molecule has 0 spiro atoms. The standard InChI is InChI=1S/C45H28N2OS/c1-2-9-34(10-3-1)47(35-22-16-29(17-23-35)33-21-27-42-39(28-33)38-12-6-7-13-41(38)49-42)36-24-18-32(19-25-36)45-46-40-26-20-31-15-14-30-8-4-5-11-37(30)43(31)44(40)48-45/h1-28H. The Morgan fingerprint density at radius 2 is 1.06 bits per heavy atom. The lowest BCUT2D eigenvalue weighted by atomic mass is 10.0. The zero-order valence-corrected chi connectivity index (χ0v) is 27.2. The summed E-state index contributed by atoms with van der Waals surface area (Å²) >= 11 is 1.85. The molecule has 230 valence electrons. The predicted molar refractivity (Wildman–Crippen MR) is 207 cm³/mol. The van der Waals surface area contributed by atoms with Gasteiger partial charge in [-0.15, -0.1) is 11.3 Å². The second-order valence-electron chi connectivity index (χ2n) is 12.4. The highest BCUT2D eigenvalue weighted by atomic mass is 32.1. The second kappa shape index (κ2) is 11.2. The Bertz CT molecular complexity index is 2810. The van der Waals surface area contributed by atoms with E-state index in [0.29, 0.717) is 5.89 Å². The van der Waals surface area contributed by atoms with Gasteiger partial charge in [0.15, 0.2) is 5.58 Å². The summed E-state index contributed by atoms with van der Waals surface area (Å²) < 4.78 is 9.17. The fourth-order valence-electron chi connectivity index (χ4n) is 7.08. The van der Waals surface area contributed by atoms with Crippen molar-refractivity contribution in [3.8, 4) is 22.6 Å². The highest BCUT2D eigenvalue weighted by Gasteiger charge is 2.16. The summed E-state index contributed by atoms with van der Waals surface area (Å²) in [5, 5.41) is 7.25. The maximum absolute atomic E-state index is 6.52. The molecule has 10 rings (SSSR count). The summed E-state index contributed by atoms with van der Waals surface area (Å²) in [4.78, 5) is 7.21. The molecule has 0 saturated carbocycles. The van der Waals surface area contributed by atoms with Gasteiger partial charge in [0.2, 0.25) is 5.89 Å².